The van der Waals surface area contributed by atoms with Crippen LogP contribution in [0.3, 0.4) is 0 Å². The van der Waals surface area contributed by atoms with Crippen LogP contribution in [0.2, 0.25) is 0 Å². The molecule has 1 N–H and O–H groups in total. The van der Waals surface area contributed by atoms with Gasteiger partial charge in [-0.15, -0.1) is 0 Å². The zero-order valence-electron chi connectivity index (χ0n) is 8.93. The van der Waals surface area contributed by atoms with Gasteiger partial charge in [0.2, 0.25) is 0 Å². The van der Waals surface area contributed by atoms with Crippen LogP contribution in [-0.4, -0.2) is 11.9 Å². The van der Waals surface area contributed by atoms with Crippen molar-refractivity contribution in [2.75, 3.05) is 0 Å². The lowest BCUT2D eigenvalue weighted by atomic mass is 10.1. The van der Waals surface area contributed by atoms with E-state index in [2.05, 4.69) is 5.32 Å². The molecule has 0 aliphatic rings. The topological polar surface area (TPSA) is 29.1 Å². The van der Waals surface area contributed by atoms with Crippen molar-refractivity contribution < 1.29 is 18.0 Å². The highest BCUT2D eigenvalue weighted by Gasteiger charge is 2.30. The largest absolute Gasteiger partial charge is 0.416 e. The number of hydrogen-bond donors (Lipinski definition) is 1. The standard InChI is InChI=1S/C11H12F3NO.CH4/c1-7(2)15-10(16)8-4-3-5-9(6-8)11(12,13)14;/h3-7H,1-2H3,(H,15,16);1H4. The highest BCUT2D eigenvalue weighted by molar-refractivity contribution is 5.94. The second kappa shape index (κ2) is 5.70. The van der Waals surface area contributed by atoms with E-state index in [1.54, 1.807) is 13.8 Å². The average Bonchev–Trinajstić information content (AvgIpc) is 2.15. The van der Waals surface area contributed by atoms with Crippen molar-refractivity contribution in [1.29, 1.82) is 0 Å². The molecule has 0 atom stereocenters. The molecule has 1 aromatic rings. The van der Waals surface area contributed by atoms with Crippen LogP contribution in [0.15, 0.2) is 24.3 Å². The fraction of sp³-hybridized carbons (Fsp3) is 0.417. The van der Waals surface area contributed by atoms with Gasteiger partial charge in [-0.3, -0.25) is 4.79 Å². The lowest BCUT2D eigenvalue weighted by Crippen LogP contribution is -2.30. The van der Waals surface area contributed by atoms with Crippen LogP contribution in [0, 0.1) is 0 Å². The molecular formula is C12H16F3NO. The predicted octanol–water partition coefficient (Wildman–Crippen LogP) is 3.48. The van der Waals surface area contributed by atoms with Gasteiger partial charge in [0.05, 0.1) is 5.56 Å². The summed E-state index contributed by atoms with van der Waals surface area (Å²) in [5.41, 5.74) is -0.799. The van der Waals surface area contributed by atoms with Crippen LogP contribution < -0.4 is 5.32 Å². The Hall–Kier alpha value is -1.52. The minimum absolute atomic E-state index is 0. The Morgan fingerprint density at radius 3 is 2.35 bits per heavy atom. The first-order valence-corrected chi connectivity index (χ1v) is 4.79. The molecule has 2 nitrogen and oxygen atoms in total. The van der Waals surface area contributed by atoms with Crippen molar-refractivity contribution in [1.82, 2.24) is 5.32 Å². The van der Waals surface area contributed by atoms with E-state index < -0.39 is 17.6 Å². The summed E-state index contributed by atoms with van der Waals surface area (Å²) in [6.45, 7) is 3.48. The Kier molecular flexibility index (Phi) is 5.19. The van der Waals surface area contributed by atoms with Crippen LogP contribution in [0.4, 0.5) is 13.2 Å². The third kappa shape index (κ3) is 4.46. The van der Waals surface area contributed by atoms with Crippen LogP contribution in [0.25, 0.3) is 0 Å². The third-order valence-electron chi connectivity index (χ3n) is 1.87. The van der Waals surface area contributed by atoms with E-state index in [0.29, 0.717) is 0 Å². The molecule has 1 aromatic carbocycles. The maximum absolute atomic E-state index is 12.4. The molecule has 5 heteroatoms. The molecule has 17 heavy (non-hydrogen) atoms. The monoisotopic (exact) mass is 247 g/mol. The van der Waals surface area contributed by atoms with Gasteiger partial charge in [-0.05, 0) is 32.0 Å². The predicted molar refractivity (Wildman–Crippen MR) is 60.8 cm³/mol. The minimum atomic E-state index is -4.42. The first-order chi connectivity index (χ1) is 7.30. The Morgan fingerprint density at radius 2 is 1.88 bits per heavy atom. The molecule has 0 spiro atoms. The van der Waals surface area contributed by atoms with Gasteiger partial charge in [-0.1, -0.05) is 13.5 Å². The summed E-state index contributed by atoms with van der Waals surface area (Å²) < 4.78 is 37.1. The van der Waals surface area contributed by atoms with Gasteiger partial charge in [-0.2, -0.15) is 13.2 Å². The highest BCUT2D eigenvalue weighted by Crippen LogP contribution is 2.29. The first kappa shape index (κ1) is 15.5. The van der Waals surface area contributed by atoms with Gasteiger partial charge < -0.3 is 5.32 Å². The maximum Gasteiger partial charge on any atom is 0.416 e. The van der Waals surface area contributed by atoms with E-state index in [1.807, 2.05) is 0 Å². The molecule has 96 valence electrons. The summed E-state index contributed by atoms with van der Waals surface area (Å²) in [5, 5.41) is 2.53. The van der Waals surface area contributed by atoms with Crippen LogP contribution in [0.1, 0.15) is 37.2 Å². The molecule has 0 aliphatic heterocycles. The molecule has 0 bridgehead atoms. The van der Waals surface area contributed by atoms with Gasteiger partial charge in [-0.25, -0.2) is 0 Å². The number of amides is 1. The molecule has 0 saturated heterocycles. The average molecular weight is 247 g/mol. The second-order valence-corrected chi connectivity index (χ2v) is 3.71. The van der Waals surface area contributed by atoms with Gasteiger partial charge in [0, 0.05) is 11.6 Å². The van der Waals surface area contributed by atoms with E-state index in [4.69, 9.17) is 0 Å². The molecule has 0 aliphatic carbocycles. The maximum atomic E-state index is 12.4. The van der Waals surface area contributed by atoms with Crippen molar-refractivity contribution >= 4 is 5.91 Å². The van der Waals surface area contributed by atoms with Gasteiger partial charge in [0.15, 0.2) is 0 Å². The van der Waals surface area contributed by atoms with Crippen molar-refractivity contribution in [3.8, 4) is 0 Å². The van der Waals surface area contributed by atoms with Gasteiger partial charge in [0.1, 0.15) is 0 Å². The fourth-order valence-electron chi connectivity index (χ4n) is 1.18. The smallest absolute Gasteiger partial charge is 0.350 e. The van der Waals surface area contributed by atoms with E-state index in [-0.39, 0.29) is 19.0 Å². The summed E-state index contributed by atoms with van der Waals surface area (Å²) in [6, 6.07) is 4.25. The van der Waals surface area contributed by atoms with Crippen molar-refractivity contribution in [3.05, 3.63) is 35.4 Å². The number of halogens is 3. The zero-order valence-corrected chi connectivity index (χ0v) is 8.93. The first-order valence-electron chi connectivity index (χ1n) is 4.79. The van der Waals surface area contributed by atoms with Crippen LogP contribution in [-0.2, 0) is 6.18 Å². The highest BCUT2D eigenvalue weighted by atomic mass is 19.4. The summed E-state index contributed by atoms with van der Waals surface area (Å²) in [5.74, 6) is -0.499. The van der Waals surface area contributed by atoms with E-state index in [9.17, 15) is 18.0 Å². The summed E-state index contributed by atoms with van der Waals surface area (Å²) in [6.07, 6.45) is -4.42. The molecule has 0 aromatic heterocycles. The van der Waals surface area contributed by atoms with Gasteiger partial charge >= 0.3 is 6.18 Å². The fourth-order valence-corrected chi connectivity index (χ4v) is 1.18. The Morgan fingerprint density at radius 1 is 1.29 bits per heavy atom. The van der Waals surface area contributed by atoms with E-state index in [1.165, 1.54) is 12.1 Å². The number of hydrogen-bond acceptors (Lipinski definition) is 1. The lowest BCUT2D eigenvalue weighted by molar-refractivity contribution is -0.137. The van der Waals surface area contributed by atoms with E-state index in [0.717, 1.165) is 12.1 Å². The number of carbonyl (C=O) groups is 1. The SMILES string of the molecule is C.CC(C)NC(=O)c1cccc(C(F)(F)F)c1. The van der Waals surface area contributed by atoms with Crippen LogP contribution >= 0.6 is 0 Å². The minimum Gasteiger partial charge on any atom is -0.350 e. The normalized spacial score (nSPS) is 10.9. The number of nitrogens with one attached hydrogen (secondary N) is 1. The molecule has 1 rings (SSSR count). The summed E-state index contributed by atoms with van der Waals surface area (Å²) in [4.78, 5) is 11.5. The molecule has 1 amide bonds. The molecular weight excluding hydrogens is 231 g/mol. The van der Waals surface area contributed by atoms with Crippen molar-refractivity contribution in [2.45, 2.75) is 33.5 Å². The Bertz CT molecular complexity index is 386. The quantitative estimate of drug-likeness (QED) is 0.851. The van der Waals surface area contributed by atoms with E-state index >= 15 is 0 Å². The van der Waals surface area contributed by atoms with Crippen LogP contribution in [0.5, 0.6) is 0 Å². The lowest BCUT2D eigenvalue weighted by Gasteiger charge is -2.10. The number of benzene rings is 1. The number of alkyl halides is 3. The Labute approximate surface area is 98.8 Å². The van der Waals surface area contributed by atoms with Crippen molar-refractivity contribution in [2.24, 2.45) is 0 Å². The molecule has 0 fully saturated rings. The molecule has 0 heterocycles. The number of carbonyl (C=O) groups excluding carboxylic acids is 1. The number of rotatable bonds is 2. The zero-order chi connectivity index (χ0) is 12.3. The summed E-state index contributed by atoms with van der Waals surface area (Å²) >= 11 is 0. The Balaban J connectivity index is 0.00000256. The second-order valence-electron chi connectivity index (χ2n) is 3.71. The van der Waals surface area contributed by atoms with Crippen molar-refractivity contribution in [3.63, 3.8) is 0 Å². The molecule has 0 saturated carbocycles. The van der Waals surface area contributed by atoms with Gasteiger partial charge in [0.25, 0.3) is 5.91 Å². The third-order valence-corrected chi connectivity index (χ3v) is 1.87. The molecule has 0 unspecified atom stereocenters. The summed E-state index contributed by atoms with van der Waals surface area (Å²) in [7, 11) is 0. The molecule has 0 radical (unpaired) electrons.